The van der Waals surface area contributed by atoms with E-state index in [0.717, 1.165) is 25.1 Å². The van der Waals surface area contributed by atoms with E-state index in [2.05, 4.69) is 11.8 Å². The van der Waals surface area contributed by atoms with Crippen LogP contribution in [0.3, 0.4) is 0 Å². The van der Waals surface area contributed by atoms with Crippen LogP contribution in [0.2, 0.25) is 5.02 Å². The van der Waals surface area contributed by atoms with Crippen molar-refractivity contribution in [3.05, 3.63) is 33.3 Å². The highest BCUT2D eigenvalue weighted by Gasteiger charge is 2.25. The van der Waals surface area contributed by atoms with E-state index in [1.54, 1.807) is 6.07 Å². The SMILES string of the molecule is CC1CC(N)CCN1c1ccc([N+](=O)[O-])cc1Cl. The van der Waals surface area contributed by atoms with Crippen LogP contribution in [0.4, 0.5) is 11.4 Å². The number of nitro benzene ring substituents is 1. The molecule has 0 spiro atoms. The Balaban J connectivity index is 2.26. The van der Waals surface area contributed by atoms with Gasteiger partial charge in [-0.3, -0.25) is 10.1 Å². The maximum atomic E-state index is 10.7. The van der Waals surface area contributed by atoms with E-state index in [1.807, 2.05) is 0 Å². The van der Waals surface area contributed by atoms with Crippen molar-refractivity contribution in [2.75, 3.05) is 11.4 Å². The van der Waals surface area contributed by atoms with Gasteiger partial charge in [-0.2, -0.15) is 0 Å². The molecule has 0 amide bonds. The topological polar surface area (TPSA) is 72.4 Å². The summed E-state index contributed by atoms with van der Waals surface area (Å²) in [6.07, 6.45) is 1.82. The Kier molecular flexibility index (Phi) is 3.73. The van der Waals surface area contributed by atoms with Crippen LogP contribution in [0.15, 0.2) is 18.2 Å². The molecule has 0 aromatic heterocycles. The smallest absolute Gasteiger partial charge is 0.271 e. The third-order valence-electron chi connectivity index (χ3n) is 3.37. The van der Waals surface area contributed by atoms with Gasteiger partial charge in [0, 0.05) is 30.8 Å². The summed E-state index contributed by atoms with van der Waals surface area (Å²) < 4.78 is 0. The number of non-ortho nitro benzene ring substituents is 1. The van der Waals surface area contributed by atoms with E-state index in [-0.39, 0.29) is 11.7 Å². The zero-order valence-electron chi connectivity index (χ0n) is 10.2. The molecule has 18 heavy (non-hydrogen) atoms. The molecular weight excluding hydrogens is 254 g/mol. The third-order valence-corrected chi connectivity index (χ3v) is 3.67. The molecule has 2 unspecified atom stereocenters. The van der Waals surface area contributed by atoms with Crippen LogP contribution in [-0.2, 0) is 0 Å². The van der Waals surface area contributed by atoms with Crippen LogP contribution in [-0.4, -0.2) is 23.6 Å². The van der Waals surface area contributed by atoms with E-state index in [4.69, 9.17) is 17.3 Å². The number of hydrogen-bond donors (Lipinski definition) is 1. The van der Waals surface area contributed by atoms with Gasteiger partial charge < -0.3 is 10.6 Å². The molecule has 0 radical (unpaired) electrons. The fourth-order valence-corrected chi connectivity index (χ4v) is 2.69. The first-order chi connectivity index (χ1) is 8.49. The molecule has 98 valence electrons. The minimum Gasteiger partial charge on any atom is -0.367 e. The molecule has 0 aliphatic carbocycles. The molecule has 1 aromatic rings. The molecule has 2 atom stereocenters. The van der Waals surface area contributed by atoms with Crippen LogP contribution < -0.4 is 10.6 Å². The second-order valence-corrected chi connectivity index (χ2v) is 5.13. The molecule has 1 aliphatic rings. The average Bonchev–Trinajstić information content (AvgIpc) is 2.30. The molecule has 1 aliphatic heterocycles. The predicted octanol–water partition coefficient (Wildman–Crippen LogP) is 2.56. The van der Waals surface area contributed by atoms with Gasteiger partial charge in [0.2, 0.25) is 0 Å². The lowest BCUT2D eigenvalue weighted by Gasteiger charge is -2.38. The van der Waals surface area contributed by atoms with E-state index in [9.17, 15) is 10.1 Å². The number of nitrogens with two attached hydrogens (primary N) is 1. The van der Waals surface area contributed by atoms with Crippen molar-refractivity contribution in [3.63, 3.8) is 0 Å². The van der Waals surface area contributed by atoms with E-state index in [0.29, 0.717) is 11.1 Å². The van der Waals surface area contributed by atoms with E-state index >= 15 is 0 Å². The monoisotopic (exact) mass is 269 g/mol. The fraction of sp³-hybridized carbons (Fsp3) is 0.500. The number of nitro groups is 1. The van der Waals surface area contributed by atoms with Gasteiger partial charge in [-0.05, 0) is 25.8 Å². The molecule has 1 fully saturated rings. The van der Waals surface area contributed by atoms with Crippen molar-refractivity contribution in [3.8, 4) is 0 Å². The highest BCUT2D eigenvalue weighted by atomic mass is 35.5. The van der Waals surface area contributed by atoms with Crippen molar-refractivity contribution >= 4 is 23.0 Å². The van der Waals surface area contributed by atoms with Crippen LogP contribution in [0.25, 0.3) is 0 Å². The van der Waals surface area contributed by atoms with Crippen LogP contribution in [0.1, 0.15) is 19.8 Å². The summed E-state index contributed by atoms with van der Waals surface area (Å²) >= 11 is 6.13. The van der Waals surface area contributed by atoms with Crippen LogP contribution in [0.5, 0.6) is 0 Å². The quantitative estimate of drug-likeness (QED) is 0.661. The van der Waals surface area contributed by atoms with Gasteiger partial charge in [-0.15, -0.1) is 0 Å². The molecular formula is C12H16ClN3O2. The second-order valence-electron chi connectivity index (χ2n) is 4.72. The number of benzene rings is 1. The van der Waals surface area contributed by atoms with Crippen LogP contribution in [0, 0.1) is 10.1 Å². The standard InChI is InChI=1S/C12H16ClN3O2/c1-8-6-9(14)4-5-15(8)12-3-2-10(16(17)18)7-11(12)13/h2-3,7-9H,4-6,14H2,1H3. The Morgan fingerprint density at radius 1 is 1.56 bits per heavy atom. The second kappa shape index (κ2) is 5.12. The number of halogens is 1. The number of nitrogens with zero attached hydrogens (tertiary/aromatic N) is 2. The van der Waals surface area contributed by atoms with E-state index < -0.39 is 4.92 Å². The number of anilines is 1. The maximum absolute atomic E-state index is 10.7. The summed E-state index contributed by atoms with van der Waals surface area (Å²) in [4.78, 5) is 12.4. The minimum absolute atomic E-state index is 0.0186. The maximum Gasteiger partial charge on any atom is 0.271 e. The molecule has 6 heteroatoms. The molecule has 1 aromatic carbocycles. The largest absolute Gasteiger partial charge is 0.367 e. The Morgan fingerprint density at radius 3 is 2.83 bits per heavy atom. The van der Waals surface area contributed by atoms with Crippen molar-refractivity contribution in [2.24, 2.45) is 5.73 Å². The highest BCUT2D eigenvalue weighted by molar-refractivity contribution is 6.33. The zero-order valence-corrected chi connectivity index (χ0v) is 10.9. The first-order valence-corrected chi connectivity index (χ1v) is 6.33. The Labute approximate surface area is 111 Å². The predicted molar refractivity (Wildman–Crippen MR) is 72.1 cm³/mol. The summed E-state index contributed by atoms with van der Waals surface area (Å²) in [5, 5.41) is 11.1. The zero-order chi connectivity index (χ0) is 13.3. The van der Waals surface area contributed by atoms with Crippen molar-refractivity contribution in [1.29, 1.82) is 0 Å². The number of hydrogen-bond acceptors (Lipinski definition) is 4. The molecule has 2 rings (SSSR count). The summed E-state index contributed by atoms with van der Waals surface area (Å²) in [6, 6.07) is 5.13. The number of rotatable bonds is 2. The van der Waals surface area contributed by atoms with Gasteiger partial charge in [0.15, 0.2) is 0 Å². The molecule has 1 saturated heterocycles. The van der Waals surface area contributed by atoms with Crippen molar-refractivity contribution < 1.29 is 4.92 Å². The van der Waals surface area contributed by atoms with Crippen molar-refractivity contribution in [1.82, 2.24) is 0 Å². The summed E-state index contributed by atoms with van der Waals surface area (Å²) in [7, 11) is 0. The Morgan fingerprint density at radius 2 is 2.28 bits per heavy atom. The van der Waals surface area contributed by atoms with E-state index in [1.165, 1.54) is 12.1 Å². The summed E-state index contributed by atoms with van der Waals surface area (Å²) in [5.41, 5.74) is 6.79. The minimum atomic E-state index is -0.439. The molecule has 2 N–H and O–H groups in total. The van der Waals surface area contributed by atoms with Gasteiger partial charge in [0.05, 0.1) is 15.6 Å². The normalized spacial score (nSPS) is 24.1. The van der Waals surface area contributed by atoms with Gasteiger partial charge in [0.1, 0.15) is 0 Å². The lowest BCUT2D eigenvalue weighted by atomic mass is 9.98. The highest BCUT2D eigenvalue weighted by Crippen LogP contribution is 2.33. The molecule has 0 bridgehead atoms. The van der Waals surface area contributed by atoms with Crippen LogP contribution >= 0.6 is 11.6 Å². The average molecular weight is 270 g/mol. The Bertz CT molecular complexity index is 467. The molecule has 5 nitrogen and oxygen atoms in total. The lowest BCUT2D eigenvalue weighted by molar-refractivity contribution is -0.384. The first-order valence-electron chi connectivity index (χ1n) is 5.95. The summed E-state index contributed by atoms with van der Waals surface area (Å²) in [6.45, 7) is 2.93. The first kappa shape index (κ1) is 13.1. The fourth-order valence-electron chi connectivity index (χ4n) is 2.41. The Hall–Kier alpha value is -1.33. The summed E-state index contributed by atoms with van der Waals surface area (Å²) in [5.74, 6) is 0. The van der Waals surface area contributed by atoms with Gasteiger partial charge in [0.25, 0.3) is 5.69 Å². The molecule has 0 saturated carbocycles. The number of piperidine rings is 1. The van der Waals surface area contributed by atoms with Gasteiger partial charge >= 0.3 is 0 Å². The third kappa shape index (κ3) is 2.57. The molecule has 1 heterocycles. The lowest BCUT2D eigenvalue weighted by Crippen LogP contribution is -2.45. The van der Waals surface area contributed by atoms with Gasteiger partial charge in [-0.25, -0.2) is 0 Å². The van der Waals surface area contributed by atoms with Gasteiger partial charge in [-0.1, -0.05) is 11.6 Å². The van der Waals surface area contributed by atoms with Crippen molar-refractivity contribution in [2.45, 2.75) is 31.8 Å².